The lowest BCUT2D eigenvalue weighted by Gasteiger charge is -2.27. The van der Waals surface area contributed by atoms with Crippen LogP contribution in [0.5, 0.6) is 0 Å². The number of rotatable bonds is 11. The van der Waals surface area contributed by atoms with Crippen molar-refractivity contribution >= 4 is 17.3 Å². The van der Waals surface area contributed by atoms with Crippen molar-refractivity contribution in [2.45, 2.75) is 39.0 Å². The molecule has 2 aromatic carbocycles. The Labute approximate surface area is 188 Å². The molecular formula is C24H30ClFN2O3. The van der Waals surface area contributed by atoms with Crippen LogP contribution in [0.4, 0.5) is 4.39 Å². The Bertz CT molecular complexity index is 860. The molecule has 0 unspecified atom stereocenters. The van der Waals surface area contributed by atoms with Crippen LogP contribution in [0.1, 0.15) is 31.4 Å². The van der Waals surface area contributed by atoms with Gasteiger partial charge in [-0.2, -0.15) is 0 Å². The van der Waals surface area contributed by atoms with Gasteiger partial charge < -0.3 is 14.7 Å². The van der Waals surface area contributed by atoms with Crippen molar-refractivity contribution in [1.29, 1.82) is 0 Å². The van der Waals surface area contributed by atoms with Crippen LogP contribution < -0.4 is 0 Å². The van der Waals surface area contributed by atoms with E-state index >= 15 is 0 Å². The number of halogens is 2. The van der Waals surface area contributed by atoms with Gasteiger partial charge in [-0.1, -0.05) is 54.9 Å². The van der Waals surface area contributed by atoms with Crippen molar-refractivity contribution < 1.29 is 19.1 Å². The molecule has 168 valence electrons. The first-order valence-electron chi connectivity index (χ1n) is 10.6. The van der Waals surface area contributed by atoms with Gasteiger partial charge >= 0.3 is 0 Å². The van der Waals surface area contributed by atoms with Gasteiger partial charge in [0, 0.05) is 37.7 Å². The minimum Gasteiger partial charge on any atom is -0.390 e. The highest BCUT2D eigenvalue weighted by atomic mass is 35.5. The van der Waals surface area contributed by atoms with Crippen LogP contribution in [0.2, 0.25) is 5.02 Å². The van der Waals surface area contributed by atoms with E-state index in [-0.39, 0.29) is 18.5 Å². The molecule has 5 nitrogen and oxygen atoms in total. The molecule has 2 atom stereocenters. The SMILES string of the molecule is CC(C)COC[C@H](O)CN(Cc1cccc(F)c1)C[C@H]1CC(c2ccc(Cl)cc2)=NO1. The number of oxime groups is 1. The Morgan fingerprint density at radius 3 is 2.71 bits per heavy atom. The van der Waals surface area contributed by atoms with Crippen molar-refractivity contribution in [3.63, 3.8) is 0 Å². The third kappa shape index (κ3) is 7.89. The van der Waals surface area contributed by atoms with Gasteiger partial charge in [-0.05, 0) is 41.3 Å². The van der Waals surface area contributed by atoms with E-state index < -0.39 is 6.10 Å². The summed E-state index contributed by atoms with van der Waals surface area (Å²) in [5.74, 6) is 0.134. The van der Waals surface area contributed by atoms with Gasteiger partial charge in [0.1, 0.15) is 11.9 Å². The number of nitrogens with zero attached hydrogens (tertiary/aromatic N) is 2. The van der Waals surface area contributed by atoms with E-state index in [9.17, 15) is 9.50 Å². The summed E-state index contributed by atoms with van der Waals surface area (Å²) in [6.07, 6.45) is -0.144. The third-order valence-electron chi connectivity index (χ3n) is 4.90. The van der Waals surface area contributed by atoms with E-state index in [1.54, 1.807) is 6.07 Å². The van der Waals surface area contributed by atoms with E-state index in [2.05, 4.69) is 23.9 Å². The molecule has 0 amide bonds. The van der Waals surface area contributed by atoms with E-state index in [1.807, 2.05) is 30.3 Å². The van der Waals surface area contributed by atoms with Gasteiger partial charge in [-0.15, -0.1) is 0 Å². The maximum Gasteiger partial charge on any atom is 0.145 e. The largest absolute Gasteiger partial charge is 0.390 e. The molecule has 0 aromatic heterocycles. The Morgan fingerprint density at radius 1 is 1.23 bits per heavy atom. The molecule has 0 saturated carbocycles. The number of aliphatic hydroxyl groups excluding tert-OH is 1. The molecule has 1 aliphatic heterocycles. The van der Waals surface area contributed by atoms with E-state index in [4.69, 9.17) is 21.2 Å². The van der Waals surface area contributed by atoms with E-state index in [0.717, 1.165) is 16.8 Å². The average molecular weight is 449 g/mol. The van der Waals surface area contributed by atoms with Crippen LogP contribution in [-0.4, -0.2) is 54.2 Å². The summed E-state index contributed by atoms with van der Waals surface area (Å²) in [5.41, 5.74) is 2.69. The number of hydrogen-bond donors (Lipinski definition) is 1. The first-order chi connectivity index (χ1) is 14.9. The zero-order valence-electron chi connectivity index (χ0n) is 18.0. The molecule has 0 radical (unpaired) electrons. The second-order valence-corrected chi connectivity index (χ2v) is 8.82. The maximum atomic E-state index is 13.7. The fraction of sp³-hybridized carbons (Fsp3) is 0.458. The van der Waals surface area contributed by atoms with Crippen molar-refractivity contribution in [2.24, 2.45) is 11.1 Å². The molecule has 3 rings (SSSR count). The minimum absolute atomic E-state index is 0.150. The lowest BCUT2D eigenvalue weighted by Crippen LogP contribution is -2.39. The predicted molar refractivity (Wildman–Crippen MR) is 121 cm³/mol. The predicted octanol–water partition coefficient (Wildman–Crippen LogP) is 4.51. The highest BCUT2D eigenvalue weighted by Crippen LogP contribution is 2.20. The molecule has 1 heterocycles. The highest BCUT2D eigenvalue weighted by molar-refractivity contribution is 6.30. The Hall–Kier alpha value is -1.99. The smallest absolute Gasteiger partial charge is 0.145 e. The highest BCUT2D eigenvalue weighted by Gasteiger charge is 2.26. The zero-order valence-corrected chi connectivity index (χ0v) is 18.8. The molecule has 2 aromatic rings. The van der Waals surface area contributed by atoms with Crippen LogP contribution >= 0.6 is 11.6 Å². The quantitative estimate of drug-likeness (QED) is 0.549. The lowest BCUT2D eigenvalue weighted by molar-refractivity contribution is -0.00735. The van der Waals surface area contributed by atoms with E-state index in [1.165, 1.54) is 12.1 Å². The summed E-state index contributed by atoms with van der Waals surface area (Å²) >= 11 is 5.97. The van der Waals surface area contributed by atoms with Crippen LogP contribution in [0.25, 0.3) is 0 Å². The van der Waals surface area contributed by atoms with Crippen LogP contribution in [0.15, 0.2) is 53.7 Å². The average Bonchev–Trinajstić information content (AvgIpc) is 3.16. The van der Waals surface area contributed by atoms with Crippen LogP contribution in [0.3, 0.4) is 0 Å². The van der Waals surface area contributed by atoms with Crippen molar-refractivity contribution in [2.75, 3.05) is 26.3 Å². The van der Waals surface area contributed by atoms with Gasteiger partial charge in [0.15, 0.2) is 0 Å². The van der Waals surface area contributed by atoms with Gasteiger partial charge in [0.05, 0.1) is 18.4 Å². The van der Waals surface area contributed by atoms with Gasteiger partial charge in [-0.25, -0.2) is 4.39 Å². The molecule has 1 aliphatic rings. The molecule has 31 heavy (non-hydrogen) atoms. The summed E-state index contributed by atoms with van der Waals surface area (Å²) in [4.78, 5) is 7.72. The fourth-order valence-corrected chi connectivity index (χ4v) is 3.64. The van der Waals surface area contributed by atoms with Gasteiger partial charge in [0.2, 0.25) is 0 Å². The summed E-state index contributed by atoms with van der Waals surface area (Å²) in [5, 5.41) is 15.4. The van der Waals surface area contributed by atoms with Crippen molar-refractivity contribution in [1.82, 2.24) is 4.90 Å². The third-order valence-corrected chi connectivity index (χ3v) is 5.15. The minimum atomic E-state index is -0.648. The number of hydrogen-bond acceptors (Lipinski definition) is 5. The van der Waals surface area contributed by atoms with Crippen molar-refractivity contribution in [3.05, 3.63) is 70.5 Å². The second kappa shape index (κ2) is 11.6. The van der Waals surface area contributed by atoms with Crippen molar-refractivity contribution in [3.8, 4) is 0 Å². The van der Waals surface area contributed by atoms with Gasteiger partial charge in [-0.3, -0.25) is 4.90 Å². The summed E-state index contributed by atoms with van der Waals surface area (Å²) in [6.45, 7) is 6.44. The number of benzene rings is 2. The molecule has 0 bridgehead atoms. The van der Waals surface area contributed by atoms with E-state index in [0.29, 0.717) is 43.6 Å². The molecule has 0 saturated heterocycles. The summed E-state index contributed by atoms with van der Waals surface area (Å²) in [6, 6.07) is 14.0. The maximum absolute atomic E-state index is 13.7. The standard InChI is InChI=1S/C24H30ClFN2O3/c1-17(2)15-30-16-22(29)13-28(12-18-4-3-5-21(26)10-18)14-23-11-24(27-31-23)19-6-8-20(25)9-7-19/h3-10,17,22-23,29H,11-16H2,1-2H3/t22-,23-/m1/s1. The lowest BCUT2D eigenvalue weighted by atomic mass is 10.0. The zero-order chi connectivity index (χ0) is 22.2. The first kappa shape index (κ1) is 23.7. The normalized spacial score (nSPS) is 17.1. The molecule has 0 aliphatic carbocycles. The van der Waals surface area contributed by atoms with Crippen LogP contribution in [0, 0.1) is 11.7 Å². The van der Waals surface area contributed by atoms with Gasteiger partial charge in [0.25, 0.3) is 0 Å². The number of ether oxygens (including phenoxy) is 1. The molecule has 7 heteroatoms. The Kier molecular flexibility index (Phi) is 8.84. The Morgan fingerprint density at radius 2 is 2.00 bits per heavy atom. The summed E-state index contributed by atoms with van der Waals surface area (Å²) < 4.78 is 19.2. The number of aliphatic hydroxyl groups is 1. The first-order valence-corrected chi connectivity index (χ1v) is 11.0. The molecule has 0 spiro atoms. The Balaban J connectivity index is 1.60. The molecule has 0 fully saturated rings. The molecule has 1 N–H and O–H groups in total. The molecular weight excluding hydrogens is 419 g/mol. The summed E-state index contributed by atoms with van der Waals surface area (Å²) in [7, 11) is 0. The second-order valence-electron chi connectivity index (χ2n) is 8.39. The fourth-order valence-electron chi connectivity index (χ4n) is 3.51. The van der Waals surface area contributed by atoms with Crippen LogP contribution in [-0.2, 0) is 16.1 Å². The monoisotopic (exact) mass is 448 g/mol. The topological polar surface area (TPSA) is 54.3 Å².